The second-order valence-electron chi connectivity index (χ2n) is 5.14. The van der Waals surface area contributed by atoms with Gasteiger partial charge in [-0.1, -0.05) is 0 Å². The average Bonchev–Trinajstić information content (AvgIpc) is 2.86. The number of aromatic nitrogens is 1. The van der Waals surface area contributed by atoms with E-state index >= 15 is 0 Å². The second kappa shape index (κ2) is 6.68. The van der Waals surface area contributed by atoms with E-state index in [-0.39, 0.29) is 5.91 Å². The summed E-state index contributed by atoms with van der Waals surface area (Å²) >= 11 is 7.24. The highest BCUT2D eigenvalue weighted by atomic mass is 35.5. The van der Waals surface area contributed by atoms with Crippen LogP contribution in [-0.4, -0.2) is 53.9 Å². The maximum absolute atomic E-state index is 12.3. The summed E-state index contributed by atoms with van der Waals surface area (Å²) in [4.78, 5) is 20.8. The molecule has 1 saturated heterocycles. The summed E-state index contributed by atoms with van der Waals surface area (Å²) in [6, 6.07) is 0.479. The van der Waals surface area contributed by atoms with Crippen LogP contribution in [0.4, 0.5) is 0 Å². The summed E-state index contributed by atoms with van der Waals surface area (Å²) in [6.45, 7) is 1.70. The molecule has 2 rings (SSSR count). The Balaban J connectivity index is 1.92. The number of rotatable bonds is 4. The number of halogens is 1. The van der Waals surface area contributed by atoms with Gasteiger partial charge in [0, 0.05) is 24.5 Å². The van der Waals surface area contributed by atoms with Gasteiger partial charge in [-0.3, -0.25) is 4.79 Å². The number of thiazole rings is 1. The molecule has 1 aromatic rings. The van der Waals surface area contributed by atoms with Crippen molar-refractivity contribution in [3.8, 4) is 0 Å². The van der Waals surface area contributed by atoms with Crippen molar-refractivity contribution < 1.29 is 4.79 Å². The Labute approximate surface area is 123 Å². The Bertz CT molecular complexity index is 435. The number of likely N-dealkylation sites (tertiary alicyclic amines) is 1. The van der Waals surface area contributed by atoms with Crippen LogP contribution in [0.3, 0.4) is 0 Å². The van der Waals surface area contributed by atoms with E-state index in [1.165, 1.54) is 17.8 Å². The number of piperidine rings is 1. The van der Waals surface area contributed by atoms with Gasteiger partial charge in [-0.2, -0.15) is 0 Å². The molecule has 1 atom stereocenters. The molecule has 6 heteroatoms. The number of carbonyl (C=O) groups excluding carboxylic acids is 1. The highest BCUT2D eigenvalue weighted by molar-refractivity contribution is 7.09. The second-order valence-corrected chi connectivity index (χ2v) is 6.35. The highest BCUT2D eigenvalue weighted by Gasteiger charge is 2.25. The molecule has 1 unspecified atom stereocenters. The van der Waals surface area contributed by atoms with Crippen molar-refractivity contribution in [1.29, 1.82) is 0 Å². The van der Waals surface area contributed by atoms with Gasteiger partial charge >= 0.3 is 0 Å². The first-order valence-corrected chi connectivity index (χ1v) is 7.95. The molecule has 1 aliphatic rings. The van der Waals surface area contributed by atoms with Crippen molar-refractivity contribution >= 4 is 28.8 Å². The van der Waals surface area contributed by atoms with Crippen molar-refractivity contribution in [3.05, 3.63) is 16.1 Å². The third kappa shape index (κ3) is 3.91. The average molecular weight is 302 g/mol. The van der Waals surface area contributed by atoms with Gasteiger partial charge in [0.2, 0.25) is 5.91 Å². The number of carbonyl (C=O) groups is 1. The highest BCUT2D eigenvalue weighted by Crippen LogP contribution is 2.17. The van der Waals surface area contributed by atoms with E-state index in [4.69, 9.17) is 11.6 Å². The first kappa shape index (κ1) is 14.8. The van der Waals surface area contributed by atoms with Crippen molar-refractivity contribution in [3.63, 3.8) is 0 Å². The fourth-order valence-corrected chi connectivity index (χ4v) is 3.35. The van der Waals surface area contributed by atoms with Crippen LogP contribution in [0.25, 0.3) is 0 Å². The molecular formula is C13H20ClN3OS. The molecule has 0 N–H and O–H groups in total. The predicted octanol–water partition coefficient (Wildman–Crippen LogP) is 1.98. The molecule has 0 aliphatic carbocycles. The molecule has 0 radical (unpaired) electrons. The summed E-state index contributed by atoms with van der Waals surface area (Å²) < 4.78 is 0. The lowest BCUT2D eigenvalue weighted by Crippen LogP contribution is -2.47. The standard InChI is InChI=1S/C13H20ClN3OS/c1-16(2)11-4-3-5-17(8-11)13(18)6-12-15-10(7-14)9-19-12/h9,11H,3-8H2,1-2H3. The van der Waals surface area contributed by atoms with Gasteiger partial charge in [-0.05, 0) is 26.9 Å². The van der Waals surface area contributed by atoms with E-state index < -0.39 is 0 Å². The van der Waals surface area contributed by atoms with Crippen LogP contribution in [-0.2, 0) is 17.1 Å². The molecule has 1 aliphatic heterocycles. The minimum atomic E-state index is 0.182. The van der Waals surface area contributed by atoms with Crippen LogP contribution in [0.15, 0.2) is 5.38 Å². The summed E-state index contributed by atoms with van der Waals surface area (Å²) in [5.74, 6) is 0.596. The van der Waals surface area contributed by atoms with Gasteiger partial charge in [-0.25, -0.2) is 4.98 Å². The van der Waals surface area contributed by atoms with Crippen LogP contribution >= 0.6 is 22.9 Å². The lowest BCUT2D eigenvalue weighted by atomic mass is 10.0. The Morgan fingerprint density at radius 1 is 1.63 bits per heavy atom. The lowest BCUT2D eigenvalue weighted by molar-refractivity contribution is -0.132. The minimum absolute atomic E-state index is 0.182. The van der Waals surface area contributed by atoms with Crippen LogP contribution in [0.2, 0.25) is 0 Å². The number of hydrogen-bond acceptors (Lipinski definition) is 4. The zero-order valence-corrected chi connectivity index (χ0v) is 13.0. The molecule has 0 spiro atoms. The molecule has 0 aromatic carbocycles. The van der Waals surface area contributed by atoms with Crippen molar-refractivity contribution in [2.45, 2.75) is 31.2 Å². The van der Waals surface area contributed by atoms with E-state index in [9.17, 15) is 4.79 Å². The normalized spacial score (nSPS) is 20.0. The molecule has 106 valence electrons. The van der Waals surface area contributed by atoms with Gasteiger partial charge in [0.1, 0.15) is 5.01 Å². The number of hydrogen-bond donors (Lipinski definition) is 0. The summed E-state index contributed by atoms with van der Waals surface area (Å²) in [5.41, 5.74) is 0.860. The van der Waals surface area contributed by atoms with Crippen LogP contribution in [0.1, 0.15) is 23.5 Å². The van der Waals surface area contributed by atoms with E-state index in [0.29, 0.717) is 18.3 Å². The fraction of sp³-hybridized carbons (Fsp3) is 0.692. The topological polar surface area (TPSA) is 36.4 Å². The summed E-state index contributed by atoms with van der Waals surface area (Å²) in [6.07, 6.45) is 2.66. The smallest absolute Gasteiger partial charge is 0.229 e. The third-order valence-electron chi connectivity index (χ3n) is 3.52. The number of alkyl halides is 1. The monoisotopic (exact) mass is 301 g/mol. The molecule has 0 bridgehead atoms. The van der Waals surface area contributed by atoms with E-state index in [1.54, 1.807) is 0 Å². The maximum Gasteiger partial charge on any atom is 0.229 e. The first-order chi connectivity index (χ1) is 9.10. The maximum atomic E-state index is 12.3. The van der Waals surface area contributed by atoms with Gasteiger partial charge in [-0.15, -0.1) is 22.9 Å². The zero-order valence-electron chi connectivity index (χ0n) is 11.4. The fourth-order valence-electron chi connectivity index (χ4n) is 2.34. The summed E-state index contributed by atoms with van der Waals surface area (Å²) in [5, 5.41) is 2.79. The predicted molar refractivity (Wildman–Crippen MR) is 78.7 cm³/mol. The molecule has 4 nitrogen and oxygen atoms in total. The molecule has 1 fully saturated rings. The third-order valence-corrected chi connectivity index (χ3v) is 4.69. The Morgan fingerprint density at radius 3 is 3.05 bits per heavy atom. The van der Waals surface area contributed by atoms with Gasteiger partial charge in [0.05, 0.1) is 18.0 Å². The molecule has 2 heterocycles. The largest absolute Gasteiger partial charge is 0.341 e. The van der Waals surface area contributed by atoms with Gasteiger partial charge in [0.15, 0.2) is 0 Å². The van der Waals surface area contributed by atoms with Crippen molar-refractivity contribution in [2.75, 3.05) is 27.2 Å². The minimum Gasteiger partial charge on any atom is -0.341 e. The quantitative estimate of drug-likeness (QED) is 0.798. The molecule has 1 amide bonds. The number of nitrogens with zero attached hydrogens (tertiary/aromatic N) is 3. The van der Waals surface area contributed by atoms with Crippen molar-refractivity contribution in [1.82, 2.24) is 14.8 Å². The SMILES string of the molecule is CN(C)C1CCCN(C(=O)Cc2nc(CCl)cs2)C1. The summed E-state index contributed by atoms with van der Waals surface area (Å²) in [7, 11) is 4.15. The first-order valence-electron chi connectivity index (χ1n) is 6.53. The molecule has 19 heavy (non-hydrogen) atoms. The van der Waals surface area contributed by atoms with Crippen molar-refractivity contribution in [2.24, 2.45) is 0 Å². The van der Waals surface area contributed by atoms with E-state index in [0.717, 1.165) is 30.2 Å². The van der Waals surface area contributed by atoms with E-state index in [2.05, 4.69) is 24.0 Å². The van der Waals surface area contributed by atoms with Gasteiger partial charge < -0.3 is 9.80 Å². The Hall–Kier alpha value is -0.650. The number of likely N-dealkylation sites (N-methyl/N-ethyl adjacent to an activating group) is 1. The molecule has 0 saturated carbocycles. The van der Waals surface area contributed by atoms with Crippen LogP contribution in [0, 0.1) is 0 Å². The Kier molecular flexibility index (Phi) is 5.19. The lowest BCUT2D eigenvalue weighted by Gasteiger charge is -2.36. The van der Waals surface area contributed by atoms with Crippen LogP contribution in [0.5, 0.6) is 0 Å². The van der Waals surface area contributed by atoms with E-state index in [1.807, 2.05) is 10.3 Å². The van der Waals surface area contributed by atoms with Gasteiger partial charge in [0.25, 0.3) is 0 Å². The number of amides is 1. The molecular weight excluding hydrogens is 282 g/mol. The Morgan fingerprint density at radius 2 is 2.42 bits per heavy atom. The molecule has 1 aromatic heterocycles. The van der Waals surface area contributed by atoms with Crippen LogP contribution < -0.4 is 0 Å². The zero-order chi connectivity index (χ0) is 13.8.